The highest BCUT2D eigenvalue weighted by Gasteiger charge is 2.39. The molecule has 0 radical (unpaired) electrons. The Morgan fingerprint density at radius 1 is 1.03 bits per heavy atom. The summed E-state index contributed by atoms with van der Waals surface area (Å²) in [5, 5.41) is 16.7. The van der Waals surface area contributed by atoms with Gasteiger partial charge in [-0.05, 0) is 125 Å². The predicted octanol–water partition coefficient (Wildman–Crippen LogP) is 7.19. The lowest BCUT2D eigenvalue weighted by molar-refractivity contribution is -0.155. The van der Waals surface area contributed by atoms with Crippen molar-refractivity contribution in [1.29, 1.82) is 0 Å². The fourth-order valence-corrected chi connectivity index (χ4v) is 9.34. The number of nitrogens with one attached hydrogen (secondary N) is 2. The van der Waals surface area contributed by atoms with E-state index in [1.807, 2.05) is 25.1 Å². The lowest BCUT2D eigenvalue weighted by Gasteiger charge is -2.37. The number of fused-ring (bicyclic) bond motifs is 6. The second-order valence-corrected chi connectivity index (χ2v) is 20.4. The molecule has 4 aromatic rings. The molecule has 5 atom stereocenters. The van der Waals surface area contributed by atoms with Gasteiger partial charge in [0.2, 0.25) is 11.8 Å². The number of carbonyl (C=O) groups is 5. The summed E-state index contributed by atoms with van der Waals surface area (Å²) >= 11 is 0. The number of hydrazine groups is 1. The first-order valence-corrected chi connectivity index (χ1v) is 23.7. The topological polar surface area (TPSA) is 185 Å². The molecule has 2 aliphatic rings. The Morgan fingerprint density at radius 3 is 2.41 bits per heavy atom. The molecule has 2 aliphatic heterocycles. The Kier molecular flexibility index (Phi) is 15.6. The van der Waals surface area contributed by atoms with E-state index < -0.39 is 70.9 Å². The Hall–Kier alpha value is -6.00. The molecule has 0 unspecified atom stereocenters. The van der Waals surface area contributed by atoms with E-state index in [4.69, 9.17) is 19.2 Å². The Bertz CT molecular complexity index is 2530. The van der Waals surface area contributed by atoms with Gasteiger partial charge in [-0.1, -0.05) is 39.8 Å². The van der Waals surface area contributed by atoms with Gasteiger partial charge >= 0.3 is 12.1 Å². The van der Waals surface area contributed by atoms with Crippen molar-refractivity contribution in [2.24, 2.45) is 11.3 Å². The molecule has 0 saturated carbocycles. The van der Waals surface area contributed by atoms with Crippen LogP contribution in [0.5, 0.6) is 5.75 Å². The van der Waals surface area contributed by atoms with Crippen LogP contribution < -0.4 is 10.7 Å². The van der Waals surface area contributed by atoms with Gasteiger partial charge in [-0.15, -0.1) is 0 Å². The van der Waals surface area contributed by atoms with Crippen molar-refractivity contribution in [2.75, 3.05) is 34.4 Å². The minimum atomic E-state index is -1.21. The molecule has 368 valence electrons. The van der Waals surface area contributed by atoms with E-state index >= 15 is 0 Å². The summed E-state index contributed by atoms with van der Waals surface area (Å²) in [5.41, 5.74) is 8.62. The fraction of sp³-hybridized carbons (Fsp3) is 0.538. The number of phenols is 1. The third kappa shape index (κ3) is 11.3. The van der Waals surface area contributed by atoms with Gasteiger partial charge in [0.1, 0.15) is 35.5 Å². The summed E-state index contributed by atoms with van der Waals surface area (Å²) in [6, 6.07) is 11.3. The predicted molar refractivity (Wildman–Crippen MR) is 260 cm³/mol. The van der Waals surface area contributed by atoms with Crippen LogP contribution in [0.4, 0.5) is 4.79 Å². The number of phenolic OH excluding ortho intramolecular Hbond substituents is 1. The third-order valence-corrected chi connectivity index (χ3v) is 13.0. The van der Waals surface area contributed by atoms with Gasteiger partial charge in [-0.3, -0.25) is 34.1 Å². The van der Waals surface area contributed by atoms with Crippen molar-refractivity contribution in [3.8, 4) is 28.1 Å². The number of likely N-dealkylation sites (N-methyl/N-ethyl adjacent to an activating group) is 2. The molecule has 6 rings (SSSR count). The molecule has 4 heterocycles. The number of methoxy groups -OCH3 is 1. The number of carbonyl (C=O) groups excluding carboxylic acids is 5. The monoisotopic (exact) mass is 938 g/mol. The molecule has 1 fully saturated rings. The number of ether oxygens (including phenoxy) is 3. The number of aryl methyl sites for hydroxylation is 1. The molecular formula is C52H71N7O9. The molecule has 3 N–H and O–H groups in total. The van der Waals surface area contributed by atoms with E-state index in [0.29, 0.717) is 36.9 Å². The maximum atomic E-state index is 14.7. The number of nitrogens with zero attached hydrogens (tertiary/aromatic N) is 5. The van der Waals surface area contributed by atoms with Crippen LogP contribution in [0, 0.1) is 11.3 Å². The molecule has 1 saturated heterocycles. The molecule has 4 amide bonds. The maximum Gasteiger partial charge on any atom is 0.410 e. The highest BCUT2D eigenvalue weighted by Crippen LogP contribution is 2.42. The smallest absolute Gasteiger partial charge is 0.410 e. The van der Waals surface area contributed by atoms with Crippen molar-refractivity contribution in [3.63, 3.8) is 0 Å². The lowest BCUT2D eigenvalue weighted by Crippen LogP contribution is -2.62. The van der Waals surface area contributed by atoms with Crippen molar-refractivity contribution in [2.45, 2.75) is 137 Å². The van der Waals surface area contributed by atoms with Crippen molar-refractivity contribution in [1.82, 2.24) is 35.1 Å². The summed E-state index contributed by atoms with van der Waals surface area (Å²) in [6.07, 6.45) is 2.19. The minimum Gasteiger partial charge on any atom is -0.508 e. The van der Waals surface area contributed by atoms with Crippen molar-refractivity contribution < 1.29 is 43.3 Å². The van der Waals surface area contributed by atoms with Crippen LogP contribution in [0.15, 0.2) is 54.7 Å². The minimum absolute atomic E-state index is 0.0290. The third-order valence-electron chi connectivity index (χ3n) is 13.0. The van der Waals surface area contributed by atoms with E-state index in [2.05, 4.69) is 54.3 Å². The zero-order chi connectivity index (χ0) is 50.0. The summed E-state index contributed by atoms with van der Waals surface area (Å²) in [4.78, 5) is 77.4. The van der Waals surface area contributed by atoms with Crippen LogP contribution in [0.2, 0.25) is 0 Å². The number of aromatic hydroxyl groups is 1. The Morgan fingerprint density at radius 2 is 1.75 bits per heavy atom. The molecule has 16 heteroatoms. The zero-order valence-electron chi connectivity index (χ0n) is 42.1. The molecule has 2 aromatic carbocycles. The van der Waals surface area contributed by atoms with Gasteiger partial charge in [0.25, 0.3) is 5.91 Å². The van der Waals surface area contributed by atoms with Gasteiger partial charge in [0.05, 0.1) is 24.1 Å². The second kappa shape index (κ2) is 20.7. The van der Waals surface area contributed by atoms with Gasteiger partial charge in [-0.2, -0.15) is 0 Å². The van der Waals surface area contributed by atoms with Gasteiger partial charge in [0.15, 0.2) is 0 Å². The van der Waals surface area contributed by atoms with E-state index in [9.17, 15) is 29.1 Å². The summed E-state index contributed by atoms with van der Waals surface area (Å²) in [7, 11) is 4.63. The van der Waals surface area contributed by atoms with Crippen LogP contribution in [-0.2, 0) is 52.8 Å². The highest BCUT2D eigenvalue weighted by molar-refractivity contribution is 5.96. The van der Waals surface area contributed by atoms with Crippen molar-refractivity contribution in [3.05, 3.63) is 71.5 Å². The molecule has 16 nitrogen and oxygen atoms in total. The Balaban J connectivity index is 1.44. The number of esters is 1. The number of aromatic nitrogens is 2. The quantitative estimate of drug-likeness (QED) is 0.137. The van der Waals surface area contributed by atoms with Crippen LogP contribution in [0.3, 0.4) is 0 Å². The number of cyclic esters (lactones) is 1. The molecule has 0 spiro atoms. The number of benzene rings is 2. The second-order valence-electron chi connectivity index (χ2n) is 20.4. The maximum absolute atomic E-state index is 14.7. The average molecular weight is 938 g/mol. The normalized spacial score (nSPS) is 19.1. The fourth-order valence-electron chi connectivity index (χ4n) is 9.34. The SMILES string of the molecule is CCn1c(-c2cccnc2[C@@H](C)OC)c2c3cc(ccc31)-c1cc(O)cc(c1)C[C@H](NC(=O)[C@@H](C(C)C)N(C)C(=O)[C@H](C)N(C)C(=O)OC(C)(C)C)C(=O)N1CCC[C@@H](N1)C(=O)OCC(C)(C)C2. The summed E-state index contributed by atoms with van der Waals surface area (Å²) in [5.74, 6) is -2.55. The molecular weight excluding hydrogens is 867 g/mol. The molecule has 0 aliphatic carbocycles. The van der Waals surface area contributed by atoms with Crippen LogP contribution >= 0.6 is 0 Å². The first kappa shape index (κ1) is 51.4. The lowest BCUT2D eigenvalue weighted by atomic mass is 9.84. The summed E-state index contributed by atoms with van der Waals surface area (Å²) < 4.78 is 19.7. The standard InChI is InChI=1S/C52H71N7O9/c1-14-58-42-20-19-34-27-38(42)39(45(58)37-17-15-21-53-43(37)32(5)66-13)28-52(9,10)29-67-49(64)40-18-16-22-59(55-40)48(63)41(25-33-23-35(34)26-36(60)24-33)54-46(61)44(30(2)3)57(12)47(62)31(4)56(11)50(65)68-51(6,7)8/h15,17,19-21,23-24,26-27,30-32,40-41,44,55,60H,14,16,18,22,25,28-29H2,1-13H3,(H,54,61)/t31-,32+,40+,41-,44+/m0/s1. The summed E-state index contributed by atoms with van der Waals surface area (Å²) in [6.45, 7) is 19.6. The van der Waals surface area contributed by atoms with Gasteiger partial charge in [-0.25, -0.2) is 10.2 Å². The largest absolute Gasteiger partial charge is 0.508 e. The van der Waals surface area contributed by atoms with Crippen molar-refractivity contribution >= 4 is 40.7 Å². The zero-order valence-corrected chi connectivity index (χ0v) is 42.1. The first-order chi connectivity index (χ1) is 31.9. The average Bonchev–Trinajstić information content (AvgIpc) is 3.59. The number of hydrogen-bond donors (Lipinski definition) is 3. The van der Waals surface area contributed by atoms with E-state index in [-0.39, 0.29) is 31.4 Å². The molecule has 6 bridgehead atoms. The van der Waals surface area contributed by atoms with Gasteiger partial charge < -0.3 is 34.1 Å². The highest BCUT2D eigenvalue weighted by atomic mass is 16.6. The van der Waals surface area contributed by atoms with E-state index in [1.165, 1.54) is 28.9 Å². The van der Waals surface area contributed by atoms with E-state index in [1.54, 1.807) is 67.0 Å². The van der Waals surface area contributed by atoms with Crippen LogP contribution in [-0.4, -0.2) is 123 Å². The molecule has 2 aromatic heterocycles. The number of hydrogen-bond acceptors (Lipinski definition) is 11. The first-order valence-electron chi connectivity index (χ1n) is 23.7. The number of amides is 4. The Labute approximate surface area is 400 Å². The van der Waals surface area contributed by atoms with Crippen LogP contribution in [0.1, 0.15) is 105 Å². The van der Waals surface area contributed by atoms with Crippen LogP contribution in [0.25, 0.3) is 33.3 Å². The number of pyridine rings is 1. The molecule has 68 heavy (non-hydrogen) atoms. The van der Waals surface area contributed by atoms with Gasteiger partial charge in [0, 0.05) is 68.8 Å². The number of rotatable bonds is 10. The van der Waals surface area contributed by atoms with E-state index in [0.717, 1.165) is 39.0 Å².